The van der Waals surface area contributed by atoms with Crippen molar-refractivity contribution in [1.82, 2.24) is 9.99 Å². The fraction of sp³-hybridized carbons (Fsp3) is 0.185. The normalized spacial score (nSPS) is 18.6. The largest absolute Gasteiger partial charge is 0.497 e. The van der Waals surface area contributed by atoms with Crippen molar-refractivity contribution in [2.75, 3.05) is 26.1 Å². The SMILES string of the molecule is COc1ccc(C2=NN(C3=NC(=O)/C(=C/c4cccnc4)S3)C(c3ccc(N(C)C)cc3)C2)cc1. The lowest BCUT2D eigenvalue weighted by atomic mass is 9.98. The van der Waals surface area contributed by atoms with Gasteiger partial charge in [0.2, 0.25) is 0 Å². The fourth-order valence-corrected chi connectivity index (χ4v) is 4.92. The first-order valence-corrected chi connectivity index (χ1v) is 12.0. The van der Waals surface area contributed by atoms with Gasteiger partial charge in [0.05, 0.1) is 23.8 Å². The third-order valence-corrected chi connectivity index (χ3v) is 6.89. The van der Waals surface area contributed by atoms with Crippen molar-refractivity contribution in [3.05, 3.63) is 94.7 Å². The van der Waals surface area contributed by atoms with Crippen molar-refractivity contribution >= 4 is 40.3 Å². The van der Waals surface area contributed by atoms with Gasteiger partial charge in [0, 0.05) is 38.6 Å². The van der Waals surface area contributed by atoms with Crippen LogP contribution in [0.3, 0.4) is 0 Å². The number of anilines is 1. The molecule has 0 N–H and O–H groups in total. The van der Waals surface area contributed by atoms with Crippen LogP contribution in [-0.4, -0.2) is 48.0 Å². The molecule has 8 heteroatoms. The van der Waals surface area contributed by atoms with E-state index in [1.54, 1.807) is 19.5 Å². The summed E-state index contributed by atoms with van der Waals surface area (Å²) < 4.78 is 5.30. The predicted octanol–water partition coefficient (Wildman–Crippen LogP) is 4.98. The van der Waals surface area contributed by atoms with Gasteiger partial charge in [-0.2, -0.15) is 10.1 Å². The Morgan fingerprint density at radius 3 is 2.51 bits per heavy atom. The van der Waals surface area contributed by atoms with Crippen LogP contribution in [0.5, 0.6) is 5.75 Å². The van der Waals surface area contributed by atoms with Crippen LogP contribution in [-0.2, 0) is 4.79 Å². The van der Waals surface area contributed by atoms with Crippen LogP contribution in [0.2, 0.25) is 0 Å². The first kappa shape index (κ1) is 22.9. The average molecular weight is 484 g/mol. The molecule has 1 amide bonds. The Bertz CT molecular complexity index is 1320. The molecule has 35 heavy (non-hydrogen) atoms. The Hall–Kier alpha value is -3.91. The molecule has 0 aliphatic carbocycles. The number of aliphatic imine (C=N–C) groups is 1. The second kappa shape index (κ2) is 9.76. The molecule has 2 aliphatic heterocycles. The predicted molar refractivity (Wildman–Crippen MR) is 142 cm³/mol. The molecule has 5 rings (SSSR count). The van der Waals surface area contributed by atoms with Gasteiger partial charge in [-0.3, -0.25) is 9.78 Å². The van der Waals surface area contributed by atoms with Crippen LogP contribution < -0.4 is 9.64 Å². The highest BCUT2D eigenvalue weighted by Gasteiger charge is 2.36. The van der Waals surface area contributed by atoms with E-state index in [0.717, 1.165) is 33.8 Å². The minimum Gasteiger partial charge on any atom is -0.497 e. The van der Waals surface area contributed by atoms with Crippen LogP contribution in [0.15, 0.2) is 88.1 Å². The molecular weight excluding hydrogens is 458 g/mol. The van der Waals surface area contributed by atoms with Crippen LogP contribution in [0.4, 0.5) is 5.69 Å². The summed E-state index contributed by atoms with van der Waals surface area (Å²) in [6.45, 7) is 0. The van der Waals surface area contributed by atoms with Gasteiger partial charge in [-0.15, -0.1) is 0 Å². The topological polar surface area (TPSA) is 70.4 Å². The number of carbonyl (C=O) groups excluding carboxylic acids is 1. The van der Waals surface area contributed by atoms with Gasteiger partial charge < -0.3 is 9.64 Å². The maximum atomic E-state index is 12.7. The number of amides is 1. The molecule has 1 unspecified atom stereocenters. The number of carbonyl (C=O) groups is 1. The number of amidine groups is 1. The summed E-state index contributed by atoms with van der Waals surface area (Å²) in [6.07, 6.45) is 5.95. The molecule has 176 valence electrons. The molecule has 0 spiro atoms. The molecule has 0 fully saturated rings. The molecule has 0 saturated carbocycles. The van der Waals surface area contributed by atoms with Crippen LogP contribution in [0, 0.1) is 0 Å². The quantitative estimate of drug-likeness (QED) is 0.477. The molecule has 1 aromatic heterocycles. The molecule has 0 bridgehead atoms. The lowest BCUT2D eigenvalue weighted by Crippen LogP contribution is -2.23. The Morgan fingerprint density at radius 1 is 1.09 bits per heavy atom. The summed E-state index contributed by atoms with van der Waals surface area (Å²) in [5.74, 6) is 0.537. The number of ether oxygens (including phenoxy) is 1. The molecule has 2 aromatic carbocycles. The number of hydrogen-bond acceptors (Lipinski definition) is 7. The number of pyridine rings is 1. The van der Waals surface area contributed by atoms with Crippen molar-refractivity contribution in [3.8, 4) is 5.75 Å². The van der Waals surface area contributed by atoms with E-state index in [9.17, 15) is 4.79 Å². The second-order valence-electron chi connectivity index (χ2n) is 8.42. The van der Waals surface area contributed by atoms with Crippen LogP contribution >= 0.6 is 11.8 Å². The zero-order valence-corrected chi connectivity index (χ0v) is 20.6. The van der Waals surface area contributed by atoms with Crippen LogP contribution in [0.25, 0.3) is 6.08 Å². The van der Waals surface area contributed by atoms with Crippen molar-refractivity contribution < 1.29 is 9.53 Å². The van der Waals surface area contributed by atoms with E-state index in [1.807, 2.05) is 61.6 Å². The molecule has 0 saturated heterocycles. The van der Waals surface area contributed by atoms with E-state index in [2.05, 4.69) is 39.1 Å². The Kier molecular flexibility index (Phi) is 6.37. The summed E-state index contributed by atoms with van der Waals surface area (Å²) in [6, 6.07) is 20.0. The summed E-state index contributed by atoms with van der Waals surface area (Å²) in [5, 5.41) is 7.41. The molecule has 1 atom stereocenters. The zero-order chi connectivity index (χ0) is 24.4. The number of methoxy groups -OCH3 is 1. The van der Waals surface area contributed by atoms with E-state index in [4.69, 9.17) is 9.84 Å². The second-order valence-corrected chi connectivity index (χ2v) is 9.43. The lowest BCUT2D eigenvalue weighted by Gasteiger charge is -2.23. The third-order valence-electron chi connectivity index (χ3n) is 5.92. The summed E-state index contributed by atoms with van der Waals surface area (Å²) in [7, 11) is 5.70. The van der Waals surface area contributed by atoms with Gasteiger partial charge in [0.15, 0.2) is 5.17 Å². The van der Waals surface area contributed by atoms with E-state index in [-0.39, 0.29) is 11.9 Å². The first-order chi connectivity index (χ1) is 17.0. The number of hydrogen-bond donors (Lipinski definition) is 0. The van der Waals surface area contributed by atoms with Crippen LogP contribution in [0.1, 0.15) is 29.2 Å². The van der Waals surface area contributed by atoms with Gasteiger partial charge in [0.25, 0.3) is 5.91 Å². The third kappa shape index (κ3) is 4.83. The van der Waals surface area contributed by atoms with Gasteiger partial charge in [-0.1, -0.05) is 18.2 Å². The Labute approximate surface area is 208 Å². The zero-order valence-electron chi connectivity index (χ0n) is 19.8. The summed E-state index contributed by atoms with van der Waals surface area (Å²) in [5.41, 5.74) is 5.06. The van der Waals surface area contributed by atoms with Gasteiger partial charge in [0.1, 0.15) is 5.75 Å². The maximum Gasteiger partial charge on any atom is 0.286 e. The highest BCUT2D eigenvalue weighted by molar-refractivity contribution is 8.18. The number of benzene rings is 2. The highest BCUT2D eigenvalue weighted by atomic mass is 32.2. The summed E-state index contributed by atoms with van der Waals surface area (Å²) in [4.78, 5) is 23.9. The maximum absolute atomic E-state index is 12.7. The Balaban J connectivity index is 1.47. The highest BCUT2D eigenvalue weighted by Crippen LogP contribution is 2.40. The number of thioether (sulfide) groups is 1. The monoisotopic (exact) mass is 483 g/mol. The van der Waals surface area contributed by atoms with Crippen molar-refractivity contribution in [3.63, 3.8) is 0 Å². The fourth-order valence-electron chi connectivity index (χ4n) is 4.01. The van der Waals surface area contributed by atoms with Gasteiger partial charge >= 0.3 is 0 Å². The lowest BCUT2D eigenvalue weighted by molar-refractivity contribution is -0.113. The molecule has 3 heterocycles. The molecule has 3 aromatic rings. The minimum absolute atomic E-state index is 0.0693. The number of aromatic nitrogens is 1. The number of nitrogens with zero attached hydrogens (tertiary/aromatic N) is 5. The van der Waals surface area contributed by atoms with Gasteiger partial charge in [-0.25, -0.2) is 5.01 Å². The van der Waals surface area contributed by atoms with E-state index in [0.29, 0.717) is 16.5 Å². The standard InChI is InChI=1S/C27H25N5O2S/c1-31(2)21-10-6-20(7-11-21)24-16-23(19-8-12-22(34-3)13-9-19)30-32(24)27-29-26(33)25(35-27)15-18-5-4-14-28-17-18/h4-15,17,24H,16H2,1-3H3/b25-15-. The Morgan fingerprint density at radius 2 is 1.86 bits per heavy atom. The molecule has 7 nitrogen and oxygen atoms in total. The van der Waals surface area contributed by atoms with E-state index < -0.39 is 0 Å². The van der Waals surface area contributed by atoms with Gasteiger partial charge in [-0.05, 0) is 77.0 Å². The molecule has 2 aliphatic rings. The van der Waals surface area contributed by atoms with Crippen molar-refractivity contribution in [2.24, 2.45) is 10.1 Å². The molecular formula is C27H25N5O2S. The minimum atomic E-state index is -0.261. The van der Waals surface area contributed by atoms with E-state index in [1.165, 1.54) is 11.8 Å². The molecule has 0 radical (unpaired) electrons. The number of hydrazone groups is 1. The van der Waals surface area contributed by atoms with E-state index >= 15 is 0 Å². The smallest absolute Gasteiger partial charge is 0.286 e. The van der Waals surface area contributed by atoms with Crippen molar-refractivity contribution in [1.29, 1.82) is 0 Å². The first-order valence-electron chi connectivity index (χ1n) is 11.2. The summed E-state index contributed by atoms with van der Waals surface area (Å²) >= 11 is 1.35. The average Bonchev–Trinajstić information content (AvgIpc) is 3.49. The van der Waals surface area contributed by atoms with Crippen molar-refractivity contribution in [2.45, 2.75) is 12.5 Å². The number of rotatable bonds is 5.